The Morgan fingerprint density at radius 2 is 2.16 bits per heavy atom. The molecule has 2 aromatic heterocycles. The fourth-order valence-corrected chi connectivity index (χ4v) is 4.32. The second kappa shape index (κ2) is 5.40. The van der Waals surface area contributed by atoms with E-state index in [-0.39, 0.29) is 11.1 Å². The molecule has 128 valence electrons. The number of halogens is 1. The lowest BCUT2D eigenvalue weighted by Gasteiger charge is -2.18. The summed E-state index contributed by atoms with van der Waals surface area (Å²) in [7, 11) is 0. The molecule has 2 aliphatic rings. The van der Waals surface area contributed by atoms with E-state index in [0.29, 0.717) is 35.1 Å². The molecule has 7 heteroatoms. The Morgan fingerprint density at radius 3 is 2.76 bits per heavy atom. The van der Waals surface area contributed by atoms with E-state index in [4.69, 9.17) is 0 Å². The van der Waals surface area contributed by atoms with Gasteiger partial charge in [0.25, 0.3) is 5.56 Å². The Kier molecular flexibility index (Phi) is 3.51. The maximum atomic E-state index is 14.2. The molecular weight excluding hydrogens is 339 g/mol. The Hall–Kier alpha value is -2.20. The van der Waals surface area contributed by atoms with Gasteiger partial charge in [-0.1, -0.05) is 18.7 Å². The first-order chi connectivity index (χ1) is 11.9. The largest absolute Gasteiger partial charge is 0.286 e. The van der Waals surface area contributed by atoms with Gasteiger partial charge in [0.2, 0.25) is 0 Å². The minimum Gasteiger partial charge on any atom is -0.286 e. The third-order valence-corrected chi connectivity index (χ3v) is 6.38. The van der Waals surface area contributed by atoms with Gasteiger partial charge in [-0.15, -0.1) is 0 Å². The predicted molar refractivity (Wildman–Crippen MR) is 93.3 cm³/mol. The molecule has 1 fully saturated rings. The van der Waals surface area contributed by atoms with E-state index in [1.165, 1.54) is 11.8 Å². The average molecular weight is 356 g/mol. The van der Waals surface area contributed by atoms with Crippen molar-refractivity contribution in [3.05, 3.63) is 39.9 Å². The highest BCUT2D eigenvalue weighted by Gasteiger charge is 2.64. The van der Waals surface area contributed by atoms with Crippen molar-refractivity contribution in [3.8, 4) is 17.3 Å². The van der Waals surface area contributed by atoms with Gasteiger partial charge in [0.15, 0.2) is 5.16 Å². The summed E-state index contributed by atoms with van der Waals surface area (Å²) >= 11 is 1.52. The minimum atomic E-state index is -1.24. The molecule has 0 aromatic carbocycles. The minimum absolute atomic E-state index is 0.0359. The zero-order chi connectivity index (χ0) is 17.8. The number of nitriles is 1. The van der Waals surface area contributed by atoms with Gasteiger partial charge in [0, 0.05) is 35.2 Å². The van der Waals surface area contributed by atoms with Crippen LogP contribution in [0.2, 0.25) is 0 Å². The standard InChI is InChI=1S/C18H17FN4OS/c1-17(10-18(17,2)19)13-5-4-11(9-21-13)14-12(8-20)15(24)23-6-3-7-25-16(23)22-14/h4-5,9H,3,6-7,10H2,1-2H3. The van der Waals surface area contributed by atoms with Crippen molar-refractivity contribution in [2.75, 3.05) is 5.75 Å². The molecule has 0 spiro atoms. The Balaban J connectivity index is 1.79. The van der Waals surface area contributed by atoms with E-state index in [9.17, 15) is 14.4 Å². The SMILES string of the molecule is CC1(F)CC1(C)c1ccc(-c2nc3n(c(=O)c2C#N)CCCS3)cn1. The monoisotopic (exact) mass is 356 g/mol. The number of hydrogen-bond donors (Lipinski definition) is 0. The van der Waals surface area contributed by atoms with Crippen LogP contribution in [0.15, 0.2) is 28.3 Å². The molecule has 1 aliphatic heterocycles. The Morgan fingerprint density at radius 1 is 1.40 bits per heavy atom. The van der Waals surface area contributed by atoms with E-state index < -0.39 is 11.1 Å². The molecule has 0 saturated heterocycles. The summed E-state index contributed by atoms with van der Waals surface area (Å²) in [5.41, 5.74) is -0.420. The molecular formula is C18H17FN4OS. The molecule has 2 unspecified atom stereocenters. The number of hydrogen-bond acceptors (Lipinski definition) is 5. The van der Waals surface area contributed by atoms with E-state index in [1.54, 1.807) is 29.8 Å². The lowest BCUT2D eigenvalue weighted by atomic mass is 9.99. The van der Waals surface area contributed by atoms with Gasteiger partial charge in [0.1, 0.15) is 17.3 Å². The summed E-state index contributed by atoms with van der Waals surface area (Å²) in [5, 5.41) is 10.1. The number of fused-ring (bicyclic) bond motifs is 1. The summed E-state index contributed by atoms with van der Waals surface area (Å²) in [6.45, 7) is 4.03. The lowest BCUT2D eigenvalue weighted by molar-refractivity contribution is 0.295. The van der Waals surface area contributed by atoms with Gasteiger partial charge in [-0.05, 0) is 31.9 Å². The molecule has 0 amide bonds. The van der Waals surface area contributed by atoms with Crippen LogP contribution >= 0.6 is 11.8 Å². The highest BCUT2D eigenvalue weighted by Crippen LogP contribution is 2.59. The molecule has 0 N–H and O–H groups in total. The maximum Gasteiger partial charge on any atom is 0.272 e. The van der Waals surface area contributed by atoms with Gasteiger partial charge in [-0.2, -0.15) is 5.26 Å². The summed E-state index contributed by atoms with van der Waals surface area (Å²) in [5.74, 6) is 0.905. The van der Waals surface area contributed by atoms with E-state index in [0.717, 1.165) is 12.2 Å². The maximum absolute atomic E-state index is 14.2. The highest BCUT2D eigenvalue weighted by atomic mass is 32.2. The topological polar surface area (TPSA) is 71.6 Å². The summed E-state index contributed by atoms with van der Waals surface area (Å²) < 4.78 is 15.7. The van der Waals surface area contributed by atoms with Gasteiger partial charge in [-0.3, -0.25) is 14.3 Å². The molecule has 1 aliphatic carbocycles. The molecule has 3 heterocycles. The van der Waals surface area contributed by atoms with Crippen LogP contribution in [0, 0.1) is 11.3 Å². The average Bonchev–Trinajstić information content (AvgIpc) is 3.14. The van der Waals surface area contributed by atoms with Crippen molar-refractivity contribution in [3.63, 3.8) is 0 Å². The number of aromatic nitrogens is 3. The summed E-state index contributed by atoms with van der Waals surface area (Å²) in [6.07, 6.45) is 2.92. The second-order valence-electron chi connectivity index (χ2n) is 7.03. The normalized spacial score (nSPS) is 27.4. The third kappa shape index (κ3) is 2.39. The van der Waals surface area contributed by atoms with Crippen LogP contribution < -0.4 is 5.56 Å². The van der Waals surface area contributed by atoms with Gasteiger partial charge < -0.3 is 0 Å². The van der Waals surface area contributed by atoms with Crippen molar-refractivity contribution >= 4 is 11.8 Å². The van der Waals surface area contributed by atoms with Crippen LogP contribution in [0.25, 0.3) is 11.3 Å². The van der Waals surface area contributed by atoms with Crippen molar-refractivity contribution < 1.29 is 4.39 Å². The van der Waals surface area contributed by atoms with Crippen molar-refractivity contribution in [1.29, 1.82) is 5.26 Å². The smallest absolute Gasteiger partial charge is 0.272 e. The van der Waals surface area contributed by atoms with Crippen LogP contribution in [0.1, 0.15) is 37.9 Å². The zero-order valence-electron chi connectivity index (χ0n) is 14.0. The molecule has 2 atom stereocenters. The first-order valence-corrected chi connectivity index (χ1v) is 9.19. The van der Waals surface area contributed by atoms with Crippen LogP contribution in [0.3, 0.4) is 0 Å². The highest BCUT2D eigenvalue weighted by molar-refractivity contribution is 7.99. The zero-order valence-corrected chi connectivity index (χ0v) is 14.9. The number of nitrogens with zero attached hydrogens (tertiary/aromatic N) is 4. The number of thioether (sulfide) groups is 1. The first-order valence-electron chi connectivity index (χ1n) is 8.21. The van der Waals surface area contributed by atoms with Crippen LogP contribution in [-0.2, 0) is 12.0 Å². The van der Waals surface area contributed by atoms with Gasteiger partial charge >= 0.3 is 0 Å². The molecule has 5 nitrogen and oxygen atoms in total. The van der Waals surface area contributed by atoms with Crippen molar-refractivity contribution in [2.24, 2.45) is 0 Å². The molecule has 0 bridgehead atoms. The molecule has 2 aromatic rings. The second-order valence-corrected chi connectivity index (χ2v) is 8.09. The fraction of sp³-hybridized carbons (Fsp3) is 0.444. The molecule has 25 heavy (non-hydrogen) atoms. The number of rotatable bonds is 2. The van der Waals surface area contributed by atoms with E-state index in [1.807, 2.05) is 13.0 Å². The van der Waals surface area contributed by atoms with Gasteiger partial charge in [-0.25, -0.2) is 9.37 Å². The third-order valence-electron chi connectivity index (χ3n) is 5.32. The molecule has 4 rings (SSSR count). The van der Waals surface area contributed by atoms with Crippen molar-refractivity contribution in [1.82, 2.24) is 14.5 Å². The van der Waals surface area contributed by atoms with Crippen LogP contribution in [0.4, 0.5) is 4.39 Å². The Labute approximate surface area is 148 Å². The van der Waals surface area contributed by atoms with Crippen molar-refractivity contribution in [2.45, 2.75) is 49.5 Å². The fourth-order valence-electron chi connectivity index (χ4n) is 3.38. The lowest BCUT2D eigenvalue weighted by Crippen LogP contribution is -2.29. The number of pyridine rings is 1. The van der Waals surface area contributed by atoms with Crippen LogP contribution in [-0.4, -0.2) is 26.0 Å². The van der Waals surface area contributed by atoms with E-state index >= 15 is 0 Å². The first kappa shape index (κ1) is 16.3. The quantitative estimate of drug-likeness (QED) is 0.774. The summed E-state index contributed by atoms with van der Waals surface area (Å²) in [6, 6.07) is 5.53. The molecule has 0 radical (unpaired) electrons. The van der Waals surface area contributed by atoms with Gasteiger partial charge in [0.05, 0.1) is 5.69 Å². The number of alkyl halides is 1. The van der Waals surface area contributed by atoms with Crippen LogP contribution in [0.5, 0.6) is 0 Å². The Bertz CT molecular complexity index is 961. The summed E-state index contributed by atoms with van der Waals surface area (Å²) in [4.78, 5) is 21.5. The molecule has 1 saturated carbocycles. The van der Waals surface area contributed by atoms with E-state index in [2.05, 4.69) is 9.97 Å². The predicted octanol–water partition coefficient (Wildman–Crippen LogP) is 3.06.